The summed E-state index contributed by atoms with van der Waals surface area (Å²) in [5, 5.41) is 13.7. The molecule has 0 fully saturated rings. The molecule has 0 N–H and O–H groups in total. The molecule has 3 aromatic carbocycles. The van der Waals surface area contributed by atoms with E-state index in [-0.39, 0.29) is 18.9 Å². The van der Waals surface area contributed by atoms with Crippen LogP contribution in [-0.4, -0.2) is 38.6 Å². The molecule has 4 rings (SSSR count). The topological polar surface area (TPSA) is 87.0 Å². The van der Waals surface area contributed by atoms with E-state index < -0.39 is 5.97 Å². The number of tetrazole rings is 1. The molecule has 0 unspecified atom stereocenters. The molecule has 0 aliphatic rings. The smallest absolute Gasteiger partial charge is 0.330 e. The number of hydrogen-bond donors (Lipinski definition) is 0. The fraction of sp³-hybridized carbons (Fsp3) is 0.0952. The van der Waals surface area contributed by atoms with E-state index in [2.05, 4.69) is 15.4 Å². The second-order valence-corrected chi connectivity index (χ2v) is 6.12. The summed E-state index contributed by atoms with van der Waals surface area (Å²) in [7, 11) is 0. The molecule has 28 heavy (non-hydrogen) atoms. The molecule has 1 aromatic heterocycles. The second kappa shape index (κ2) is 7.79. The minimum atomic E-state index is -0.606. The highest BCUT2D eigenvalue weighted by molar-refractivity contribution is 6.09. The third-order valence-corrected chi connectivity index (χ3v) is 4.21. The van der Waals surface area contributed by atoms with Gasteiger partial charge < -0.3 is 4.74 Å². The van der Waals surface area contributed by atoms with Crippen LogP contribution in [0.5, 0.6) is 0 Å². The summed E-state index contributed by atoms with van der Waals surface area (Å²) in [6, 6.07) is 22.4. The van der Waals surface area contributed by atoms with E-state index in [1.165, 1.54) is 0 Å². The third-order valence-electron chi connectivity index (χ3n) is 4.21. The van der Waals surface area contributed by atoms with Crippen LogP contribution in [0.1, 0.15) is 10.4 Å². The highest BCUT2D eigenvalue weighted by Gasteiger charge is 2.14. The van der Waals surface area contributed by atoms with Gasteiger partial charge in [0, 0.05) is 11.1 Å². The van der Waals surface area contributed by atoms with Crippen molar-refractivity contribution >= 4 is 22.5 Å². The number of fused-ring (bicyclic) bond motifs is 1. The maximum Gasteiger partial charge on any atom is 0.330 e. The van der Waals surface area contributed by atoms with Crippen molar-refractivity contribution in [2.24, 2.45) is 0 Å². The van der Waals surface area contributed by atoms with Crippen molar-refractivity contribution in [2.75, 3.05) is 6.61 Å². The van der Waals surface area contributed by atoms with Gasteiger partial charge in [0.2, 0.25) is 11.6 Å². The number of hydrogen-bond acceptors (Lipinski definition) is 6. The van der Waals surface area contributed by atoms with E-state index in [4.69, 9.17) is 4.74 Å². The maximum absolute atomic E-state index is 12.5. The lowest BCUT2D eigenvalue weighted by molar-refractivity contribution is -0.143. The van der Waals surface area contributed by atoms with Crippen molar-refractivity contribution in [2.45, 2.75) is 6.54 Å². The SMILES string of the molecule is O=C(Cn1nnc(-c2ccccc2)n1)OCC(=O)c1cccc2ccccc12. The normalized spacial score (nSPS) is 10.7. The number of benzene rings is 3. The molecule has 0 aliphatic heterocycles. The quantitative estimate of drug-likeness (QED) is 0.382. The van der Waals surface area contributed by atoms with Gasteiger partial charge in [-0.15, -0.1) is 10.2 Å². The van der Waals surface area contributed by atoms with E-state index >= 15 is 0 Å². The Morgan fingerprint density at radius 1 is 0.893 bits per heavy atom. The van der Waals surface area contributed by atoms with Crippen molar-refractivity contribution in [1.29, 1.82) is 0 Å². The van der Waals surface area contributed by atoms with Gasteiger partial charge in [0.05, 0.1) is 0 Å². The van der Waals surface area contributed by atoms with Crippen LogP contribution in [-0.2, 0) is 16.1 Å². The van der Waals surface area contributed by atoms with Crippen LogP contribution in [0.15, 0.2) is 72.8 Å². The molecule has 0 radical (unpaired) electrons. The zero-order valence-corrected chi connectivity index (χ0v) is 14.9. The van der Waals surface area contributed by atoms with Crippen LogP contribution in [0.25, 0.3) is 22.2 Å². The number of ketones is 1. The largest absolute Gasteiger partial charge is 0.456 e. The number of nitrogens with zero attached hydrogens (tertiary/aromatic N) is 4. The van der Waals surface area contributed by atoms with E-state index in [1.54, 1.807) is 6.07 Å². The zero-order valence-electron chi connectivity index (χ0n) is 14.9. The van der Waals surface area contributed by atoms with Crippen molar-refractivity contribution in [1.82, 2.24) is 20.2 Å². The number of rotatable bonds is 6. The van der Waals surface area contributed by atoms with Crippen molar-refractivity contribution in [3.05, 3.63) is 78.4 Å². The first-order valence-corrected chi connectivity index (χ1v) is 8.70. The average Bonchev–Trinajstić information content (AvgIpc) is 3.20. The number of ether oxygens (including phenoxy) is 1. The molecule has 0 saturated carbocycles. The van der Waals surface area contributed by atoms with Gasteiger partial charge in [-0.25, -0.2) is 4.79 Å². The minimum Gasteiger partial charge on any atom is -0.456 e. The lowest BCUT2D eigenvalue weighted by Gasteiger charge is -2.06. The minimum absolute atomic E-state index is 0.220. The molecule has 4 aromatic rings. The van der Waals surface area contributed by atoms with Gasteiger partial charge in [-0.3, -0.25) is 4.79 Å². The molecule has 7 nitrogen and oxygen atoms in total. The van der Waals surface area contributed by atoms with Crippen molar-refractivity contribution in [3.8, 4) is 11.4 Å². The summed E-state index contributed by atoms with van der Waals surface area (Å²) in [6.07, 6.45) is 0. The van der Waals surface area contributed by atoms with Gasteiger partial charge in [-0.2, -0.15) is 4.80 Å². The maximum atomic E-state index is 12.5. The number of aromatic nitrogens is 4. The summed E-state index contributed by atoms with van der Waals surface area (Å²) in [5.41, 5.74) is 1.32. The Bertz CT molecular complexity index is 1130. The van der Waals surface area contributed by atoms with Gasteiger partial charge in [-0.05, 0) is 16.0 Å². The van der Waals surface area contributed by atoms with Crippen LogP contribution >= 0.6 is 0 Å². The Balaban J connectivity index is 1.38. The van der Waals surface area contributed by atoms with E-state index in [0.29, 0.717) is 11.4 Å². The molecular formula is C21H16N4O3. The van der Waals surface area contributed by atoms with Gasteiger partial charge in [0.15, 0.2) is 13.2 Å². The summed E-state index contributed by atoms with van der Waals surface area (Å²) in [4.78, 5) is 25.7. The third kappa shape index (κ3) is 3.78. The molecule has 0 bridgehead atoms. The molecule has 0 saturated heterocycles. The van der Waals surface area contributed by atoms with Gasteiger partial charge in [-0.1, -0.05) is 72.8 Å². The second-order valence-electron chi connectivity index (χ2n) is 6.12. The summed E-state index contributed by atoms with van der Waals surface area (Å²) in [5.74, 6) is -0.451. The fourth-order valence-electron chi connectivity index (χ4n) is 2.87. The summed E-state index contributed by atoms with van der Waals surface area (Å²) in [6.45, 7) is -0.560. The highest BCUT2D eigenvalue weighted by Crippen LogP contribution is 2.19. The Hall–Kier alpha value is -3.87. The number of carbonyl (C=O) groups excluding carboxylic acids is 2. The first kappa shape index (κ1) is 17.5. The molecule has 1 heterocycles. The van der Waals surface area contributed by atoms with Crippen LogP contribution in [0.3, 0.4) is 0 Å². The molecule has 138 valence electrons. The van der Waals surface area contributed by atoms with Crippen LogP contribution in [0.4, 0.5) is 0 Å². The molecule has 0 amide bonds. The fourth-order valence-corrected chi connectivity index (χ4v) is 2.87. The Kier molecular flexibility index (Phi) is 4.88. The standard InChI is InChI=1S/C21H16N4O3/c26-19(18-12-6-10-15-7-4-5-11-17(15)18)14-28-20(27)13-25-23-21(22-24-25)16-8-2-1-3-9-16/h1-12H,13-14H2. The number of Topliss-reactive ketones (excluding diaryl/α,β-unsaturated/α-hetero) is 1. The lowest BCUT2D eigenvalue weighted by atomic mass is 10.0. The first-order valence-electron chi connectivity index (χ1n) is 8.70. The van der Waals surface area contributed by atoms with E-state index in [0.717, 1.165) is 21.1 Å². The Morgan fingerprint density at radius 2 is 1.64 bits per heavy atom. The Morgan fingerprint density at radius 3 is 2.50 bits per heavy atom. The summed E-state index contributed by atoms with van der Waals surface area (Å²) < 4.78 is 5.11. The van der Waals surface area contributed by atoms with Crippen LogP contribution in [0.2, 0.25) is 0 Å². The first-order chi connectivity index (χ1) is 13.7. The van der Waals surface area contributed by atoms with Crippen molar-refractivity contribution < 1.29 is 14.3 Å². The van der Waals surface area contributed by atoms with Gasteiger partial charge in [0.1, 0.15) is 0 Å². The van der Waals surface area contributed by atoms with Crippen molar-refractivity contribution in [3.63, 3.8) is 0 Å². The lowest BCUT2D eigenvalue weighted by Crippen LogP contribution is -2.20. The molecule has 7 heteroatoms. The van der Waals surface area contributed by atoms with E-state index in [1.807, 2.05) is 66.7 Å². The van der Waals surface area contributed by atoms with Crippen LogP contribution in [0, 0.1) is 0 Å². The molecule has 0 aliphatic carbocycles. The highest BCUT2D eigenvalue weighted by atomic mass is 16.5. The monoisotopic (exact) mass is 372 g/mol. The van der Waals surface area contributed by atoms with E-state index in [9.17, 15) is 9.59 Å². The van der Waals surface area contributed by atoms with Crippen LogP contribution < -0.4 is 0 Å². The molecule has 0 spiro atoms. The van der Waals surface area contributed by atoms with Gasteiger partial charge >= 0.3 is 5.97 Å². The predicted octanol–water partition coefficient (Wildman–Crippen LogP) is 2.92. The summed E-state index contributed by atoms with van der Waals surface area (Å²) >= 11 is 0. The zero-order chi connectivity index (χ0) is 19.3. The Labute approximate surface area is 160 Å². The molecular weight excluding hydrogens is 356 g/mol. The molecule has 0 atom stereocenters. The average molecular weight is 372 g/mol. The predicted molar refractivity (Wildman–Crippen MR) is 102 cm³/mol. The number of esters is 1. The van der Waals surface area contributed by atoms with Gasteiger partial charge in [0.25, 0.3) is 0 Å². The number of carbonyl (C=O) groups is 2.